The fraction of sp³-hybridized carbons (Fsp3) is 0.500. The molecule has 1 amide bonds. The SMILES string of the molecule is CCCCCCCCCC[C@H](C(=O)O)N(C)C(=O)OCC1c2ccccc2-c2ccccc21. The number of fused-ring (bicyclic) bond motifs is 3. The van der Waals surface area contributed by atoms with E-state index in [9.17, 15) is 14.7 Å². The number of carboxylic acids is 1. The summed E-state index contributed by atoms with van der Waals surface area (Å²) in [6.45, 7) is 2.40. The van der Waals surface area contributed by atoms with Gasteiger partial charge in [0.1, 0.15) is 12.6 Å². The van der Waals surface area contributed by atoms with E-state index in [-0.39, 0.29) is 12.5 Å². The minimum Gasteiger partial charge on any atom is -0.480 e. The molecule has 1 aliphatic carbocycles. The van der Waals surface area contributed by atoms with Crippen molar-refractivity contribution in [3.63, 3.8) is 0 Å². The van der Waals surface area contributed by atoms with Gasteiger partial charge in [-0.25, -0.2) is 9.59 Å². The molecule has 0 saturated heterocycles. The lowest BCUT2D eigenvalue weighted by Gasteiger charge is -2.25. The van der Waals surface area contributed by atoms with E-state index in [1.807, 2.05) is 24.3 Å². The predicted molar refractivity (Wildman–Crippen MR) is 131 cm³/mol. The summed E-state index contributed by atoms with van der Waals surface area (Å²) in [5, 5.41) is 9.68. The van der Waals surface area contributed by atoms with Crippen LogP contribution in [-0.4, -0.2) is 41.8 Å². The van der Waals surface area contributed by atoms with Gasteiger partial charge in [0.2, 0.25) is 0 Å². The van der Waals surface area contributed by atoms with Crippen molar-refractivity contribution in [2.24, 2.45) is 0 Å². The second-order valence-electron chi connectivity index (χ2n) is 9.03. The lowest BCUT2D eigenvalue weighted by Crippen LogP contribution is -2.43. The van der Waals surface area contributed by atoms with Crippen molar-refractivity contribution in [3.8, 4) is 11.1 Å². The van der Waals surface area contributed by atoms with Crippen molar-refractivity contribution >= 4 is 12.1 Å². The quantitative estimate of drug-likeness (QED) is 0.338. The van der Waals surface area contributed by atoms with E-state index in [2.05, 4.69) is 31.2 Å². The molecule has 0 unspecified atom stereocenters. The number of carbonyl (C=O) groups excluding carboxylic acids is 1. The van der Waals surface area contributed by atoms with E-state index < -0.39 is 18.1 Å². The van der Waals surface area contributed by atoms with Gasteiger partial charge in [-0.15, -0.1) is 0 Å². The van der Waals surface area contributed by atoms with Crippen LogP contribution in [0.2, 0.25) is 0 Å². The van der Waals surface area contributed by atoms with E-state index in [4.69, 9.17) is 4.74 Å². The maximum atomic E-state index is 12.7. The van der Waals surface area contributed by atoms with Gasteiger partial charge in [0.05, 0.1) is 0 Å². The van der Waals surface area contributed by atoms with Crippen molar-refractivity contribution in [2.45, 2.75) is 76.7 Å². The van der Waals surface area contributed by atoms with Crippen molar-refractivity contribution in [3.05, 3.63) is 59.7 Å². The highest BCUT2D eigenvalue weighted by molar-refractivity contribution is 5.81. The number of hydrogen-bond donors (Lipinski definition) is 1. The van der Waals surface area contributed by atoms with Crippen molar-refractivity contribution in [1.29, 1.82) is 0 Å². The largest absolute Gasteiger partial charge is 0.480 e. The van der Waals surface area contributed by atoms with Crippen LogP contribution in [0.5, 0.6) is 0 Å². The van der Waals surface area contributed by atoms with Gasteiger partial charge in [-0.1, -0.05) is 107 Å². The first-order valence-electron chi connectivity index (χ1n) is 12.3. The van der Waals surface area contributed by atoms with Gasteiger partial charge < -0.3 is 9.84 Å². The van der Waals surface area contributed by atoms with Crippen molar-refractivity contribution in [1.82, 2.24) is 4.90 Å². The Balaban J connectivity index is 1.51. The Labute approximate surface area is 197 Å². The molecule has 0 fully saturated rings. The molecule has 0 aliphatic heterocycles. The van der Waals surface area contributed by atoms with E-state index in [1.165, 1.54) is 55.2 Å². The zero-order valence-electron chi connectivity index (χ0n) is 20.0. The molecule has 3 rings (SSSR count). The van der Waals surface area contributed by atoms with Gasteiger partial charge in [-0.3, -0.25) is 4.90 Å². The average molecular weight is 452 g/mol. The molecule has 0 radical (unpaired) electrons. The van der Waals surface area contributed by atoms with Crippen molar-refractivity contribution in [2.75, 3.05) is 13.7 Å². The van der Waals surface area contributed by atoms with Crippen molar-refractivity contribution < 1.29 is 19.4 Å². The summed E-state index contributed by atoms with van der Waals surface area (Å²) in [7, 11) is 1.53. The normalized spacial score (nSPS) is 13.3. The van der Waals surface area contributed by atoms with Crippen LogP contribution in [0.15, 0.2) is 48.5 Å². The second-order valence-corrected chi connectivity index (χ2v) is 9.03. The van der Waals surface area contributed by atoms with E-state index >= 15 is 0 Å². The zero-order valence-corrected chi connectivity index (χ0v) is 20.0. The van der Waals surface area contributed by atoms with E-state index in [0.717, 1.165) is 30.4 Å². The predicted octanol–water partition coefficient (Wildman–Crippen LogP) is 6.85. The lowest BCUT2D eigenvalue weighted by atomic mass is 9.98. The van der Waals surface area contributed by atoms with Crippen LogP contribution in [0.1, 0.15) is 81.8 Å². The number of benzene rings is 2. The number of aliphatic carboxylic acids is 1. The minimum atomic E-state index is -0.978. The summed E-state index contributed by atoms with van der Waals surface area (Å²) >= 11 is 0. The standard InChI is InChI=1S/C28H37NO4/c1-3-4-5-6-7-8-9-10-19-26(27(30)31)29(2)28(32)33-20-25-23-17-13-11-15-21(23)22-16-12-14-18-24(22)25/h11-18,25-26H,3-10,19-20H2,1-2H3,(H,30,31)/t26-/m1/s1. The highest BCUT2D eigenvalue weighted by Crippen LogP contribution is 2.44. The van der Waals surface area contributed by atoms with E-state index in [1.54, 1.807) is 0 Å². The summed E-state index contributed by atoms with van der Waals surface area (Å²) in [4.78, 5) is 25.8. The van der Waals surface area contributed by atoms with Gasteiger partial charge in [-0.2, -0.15) is 0 Å². The lowest BCUT2D eigenvalue weighted by molar-refractivity contribution is -0.142. The molecule has 33 heavy (non-hydrogen) atoms. The molecule has 0 bridgehead atoms. The van der Waals surface area contributed by atoms with Crippen LogP contribution >= 0.6 is 0 Å². The molecular formula is C28H37NO4. The van der Waals surface area contributed by atoms with Crippen LogP contribution in [-0.2, 0) is 9.53 Å². The molecule has 2 aromatic carbocycles. The maximum Gasteiger partial charge on any atom is 0.410 e. The first-order chi connectivity index (χ1) is 16.0. The third-order valence-electron chi connectivity index (χ3n) is 6.71. The third-order valence-corrected chi connectivity index (χ3v) is 6.71. The van der Waals surface area contributed by atoms with Gasteiger partial charge in [0, 0.05) is 13.0 Å². The fourth-order valence-electron chi connectivity index (χ4n) is 4.78. The molecule has 178 valence electrons. The minimum absolute atomic E-state index is 0.0364. The highest BCUT2D eigenvalue weighted by atomic mass is 16.6. The molecule has 5 nitrogen and oxygen atoms in total. The Hall–Kier alpha value is -2.82. The number of unbranched alkanes of at least 4 members (excludes halogenated alkanes) is 7. The Morgan fingerprint density at radius 2 is 1.39 bits per heavy atom. The zero-order chi connectivity index (χ0) is 23.6. The Bertz CT molecular complexity index is 880. The Morgan fingerprint density at radius 1 is 0.879 bits per heavy atom. The monoisotopic (exact) mass is 451 g/mol. The summed E-state index contributed by atoms with van der Waals surface area (Å²) < 4.78 is 5.64. The van der Waals surface area contributed by atoms with Crippen LogP contribution in [0.4, 0.5) is 4.79 Å². The molecule has 0 spiro atoms. The number of rotatable bonds is 13. The Kier molecular flexibility index (Phi) is 9.35. The number of ether oxygens (including phenoxy) is 1. The second kappa shape index (κ2) is 12.4. The number of carboxylic acid groups (broad SMARTS) is 1. The average Bonchev–Trinajstić information content (AvgIpc) is 3.14. The number of nitrogens with zero attached hydrogens (tertiary/aromatic N) is 1. The van der Waals surface area contributed by atoms with Gasteiger partial charge in [0.15, 0.2) is 0 Å². The molecule has 0 aromatic heterocycles. The first-order valence-corrected chi connectivity index (χ1v) is 12.3. The summed E-state index contributed by atoms with van der Waals surface area (Å²) in [6.07, 6.45) is 9.02. The number of carbonyl (C=O) groups is 2. The number of amides is 1. The fourth-order valence-corrected chi connectivity index (χ4v) is 4.78. The number of hydrogen-bond acceptors (Lipinski definition) is 3. The third kappa shape index (κ3) is 6.37. The molecular weight excluding hydrogens is 414 g/mol. The summed E-state index contributed by atoms with van der Waals surface area (Å²) in [5.41, 5.74) is 4.62. The van der Waals surface area contributed by atoms with Crippen LogP contribution in [0.25, 0.3) is 11.1 Å². The molecule has 1 atom stereocenters. The maximum absolute atomic E-state index is 12.7. The van der Waals surface area contributed by atoms with Crippen LogP contribution < -0.4 is 0 Å². The molecule has 0 heterocycles. The molecule has 2 aromatic rings. The van der Waals surface area contributed by atoms with Gasteiger partial charge >= 0.3 is 12.1 Å². The first kappa shape index (κ1) is 24.8. The summed E-state index contributed by atoms with van der Waals surface area (Å²) in [5.74, 6) is -1.01. The van der Waals surface area contributed by atoms with Gasteiger partial charge in [0.25, 0.3) is 0 Å². The van der Waals surface area contributed by atoms with Crippen LogP contribution in [0.3, 0.4) is 0 Å². The molecule has 1 aliphatic rings. The molecule has 1 N–H and O–H groups in total. The Morgan fingerprint density at radius 3 is 1.94 bits per heavy atom. The van der Waals surface area contributed by atoms with Gasteiger partial charge in [-0.05, 0) is 28.7 Å². The topological polar surface area (TPSA) is 66.8 Å². The smallest absolute Gasteiger partial charge is 0.410 e. The molecule has 5 heteroatoms. The highest BCUT2D eigenvalue weighted by Gasteiger charge is 2.31. The van der Waals surface area contributed by atoms with E-state index in [0.29, 0.717) is 6.42 Å². The van der Waals surface area contributed by atoms with Crippen LogP contribution in [0, 0.1) is 0 Å². The summed E-state index contributed by atoms with van der Waals surface area (Å²) in [6, 6.07) is 15.5. The molecule has 0 saturated carbocycles. The number of likely N-dealkylation sites (N-methyl/N-ethyl adjacent to an activating group) is 1.